The molecule has 4 nitrogen and oxygen atoms in total. The molecule has 21 heavy (non-hydrogen) atoms. The average Bonchev–Trinajstić information content (AvgIpc) is 2.70. The molecule has 4 heteroatoms. The molecule has 0 aliphatic carbocycles. The molecule has 1 N–H and O–H groups in total. The monoisotopic (exact) mass is 292 g/mol. The van der Waals surface area contributed by atoms with Crippen LogP contribution in [0.1, 0.15) is 37.8 Å². The number of hydrogen-bond donors (Lipinski definition) is 1. The number of benzene rings is 1. The lowest BCUT2D eigenvalue weighted by molar-refractivity contribution is 0.297. The molecule has 1 heterocycles. The van der Waals surface area contributed by atoms with E-state index in [2.05, 4.69) is 43.4 Å². The summed E-state index contributed by atoms with van der Waals surface area (Å²) in [7, 11) is 4.24. The Labute approximate surface area is 128 Å². The van der Waals surface area contributed by atoms with E-state index in [1.165, 1.54) is 18.4 Å². The molecule has 0 spiro atoms. The van der Waals surface area contributed by atoms with Crippen LogP contribution >= 0.6 is 0 Å². The third-order valence-electron chi connectivity index (χ3n) is 3.75. The van der Waals surface area contributed by atoms with Crippen molar-refractivity contribution in [2.45, 2.75) is 32.2 Å². The minimum absolute atomic E-state index is 0.335. The Morgan fingerprint density at radius 2 is 1.90 bits per heavy atom. The summed E-state index contributed by atoms with van der Waals surface area (Å²) in [6.07, 6.45) is 3.38. The van der Waals surface area contributed by atoms with Gasteiger partial charge in [0.25, 0.3) is 0 Å². The van der Waals surface area contributed by atoms with Crippen LogP contribution in [0.25, 0.3) is 0 Å². The van der Waals surface area contributed by atoms with Crippen molar-refractivity contribution < 1.29 is 9.47 Å². The lowest BCUT2D eigenvalue weighted by Crippen LogP contribution is -2.21. The quantitative estimate of drug-likeness (QED) is 0.784. The van der Waals surface area contributed by atoms with Crippen LogP contribution < -0.4 is 14.8 Å². The number of unbranched alkanes of at least 4 members (excludes halogenated alkanes) is 1. The van der Waals surface area contributed by atoms with Gasteiger partial charge in [0.1, 0.15) is 0 Å². The third-order valence-corrected chi connectivity index (χ3v) is 3.75. The Bertz CT molecular complexity index is 435. The maximum atomic E-state index is 5.75. The van der Waals surface area contributed by atoms with E-state index < -0.39 is 0 Å². The van der Waals surface area contributed by atoms with Crippen molar-refractivity contribution in [3.8, 4) is 11.5 Å². The lowest BCUT2D eigenvalue weighted by Gasteiger charge is -2.17. The number of rotatable bonds is 7. The van der Waals surface area contributed by atoms with Crippen molar-refractivity contribution in [1.29, 1.82) is 0 Å². The predicted octanol–water partition coefficient (Wildman–Crippen LogP) is 2.84. The van der Waals surface area contributed by atoms with E-state index in [0.717, 1.165) is 44.2 Å². The van der Waals surface area contributed by atoms with E-state index in [9.17, 15) is 0 Å². The minimum atomic E-state index is 0.335. The van der Waals surface area contributed by atoms with Gasteiger partial charge in [0.05, 0.1) is 13.2 Å². The van der Waals surface area contributed by atoms with E-state index in [-0.39, 0.29) is 0 Å². The van der Waals surface area contributed by atoms with E-state index in [1.54, 1.807) is 0 Å². The minimum Gasteiger partial charge on any atom is -0.490 e. The summed E-state index contributed by atoms with van der Waals surface area (Å²) in [6, 6.07) is 6.60. The van der Waals surface area contributed by atoms with Gasteiger partial charge in [-0.1, -0.05) is 6.07 Å². The summed E-state index contributed by atoms with van der Waals surface area (Å²) >= 11 is 0. The summed E-state index contributed by atoms with van der Waals surface area (Å²) in [4.78, 5) is 2.23. The summed E-state index contributed by atoms with van der Waals surface area (Å²) < 4.78 is 11.4. The fourth-order valence-electron chi connectivity index (χ4n) is 2.44. The molecule has 1 aromatic rings. The van der Waals surface area contributed by atoms with Gasteiger partial charge in [-0.15, -0.1) is 0 Å². The van der Waals surface area contributed by atoms with Crippen LogP contribution in [0, 0.1) is 0 Å². The van der Waals surface area contributed by atoms with Gasteiger partial charge in [-0.05, 0) is 64.6 Å². The second kappa shape index (κ2) is 8.25. The number of hydrogen-bond acceptors (Lipinski definition) is 4. The fraction of sp³-hybridized carbons (Fsp3) is 0.647. The van der Waals surface area contributed by atoms with Gasteiger partial charge >= 0.3 is 0 Å². The first-order valence-corrected chi connectivity index (χ1v) is 7.94. The zero-order valence-corrected chi connectivity index (χ0v) is 13.5. The van der Waals surface area contributed by atoms with Gasteiger partial charge in [-0.3, -0.25) is 0 Å². The highest BCUT2D eigenvalue weighted by Gasteiger charge is 2.13. The van der Waals surface area contributed by atoms with E-state index in [4.69, 9.17) is 9.47 Å². The van der Waals surface area contributed by atoms with Crippen molar-refractivity contribution in [1.82, 2.24) is 10.2 Å². The van der Waals surface area contributed by atoms with Crippen LogP contribution in [0.4, 0.5) is 0 Å². The SMILES string of the molecule is CC(NCCCCN(C)C)c1ccc2c(c1)OCCCO2. The smallest absolute Gasteiger partial charge is 0.161 e. The Balaban J connectivity index is 1.82. The molecule has 0 aromatic heterocycles. The molecule has 0 radical (unpaired) electrons. The molecular weight excluding hydrogens is 264 g/mol. The molecule has 0 amide bonds. The lowest BCUT2D eigenvalue weighted by atomic mass is 10.1. The molecule has 0 saturated carbocycles. The van der Waals surface area contributed by atoms with Crippen LogP contribution in [-0.4, -0.2) is 45.3 Å². The van der Waals surface area contributed by atoms with E-state index in [0.29, 0.717) is 6.04 Å². The second-order valence-corrected chi connectivity index (χ2v) is 5.94. The fourth-order valence-corrected chi connectivity index (χ4v) is 2.44. The highest BCUT2D eigenvalue weighted by molar-refractivity contribution is 5.44. The van der Waals surface area contributed by atoms with Gasteiger partial charge in [-0.2, -0.15) is 0 Å². The van der Waals surface area contributed by atoms with Gasteiger partial charge in [0, 0.05) is 12.5 Å². The molecule has 1 atom stereocenters. The van der Waals surface area contributed by atoms with Crippen LogP contribution in [0.2, 0.25) is 0 Å². The highest BCUT2D eigenvalue weighted by Crippen LogP contribution is 2.32. The van der Waals surface area contributed by atoms with Crippen LogP contribution in [0.5, 0.6) is 11.5 Å². The molecular formula is C17H28N2O2. The van der Waals surface area contributed by atoms with Crippen molar-refractivity contribution in [2.24, 2.45) is 0 Å². The Morgan fingerprint density at radius 1 is 1.14 bits per heavy atom. The predicted molar refractivity (Wildman–Crippen MR) is 86.3 cm³/mol. The number of fused-ring (bicyclic) bond motifs is 1. The Kier molecular flexibility index (Phi) is 6.33. The van der Waals surface area contributed by atoms with Crippen molar-refractivity contribution in [2.75, 3.05) is 40.4 Å². The van der Waals surface area contributed by atoms with Crippen molar-refractivity contribution in [3.05, 3.63) is 23.8 Å². The number of nitrogens with one attached hydrogen (secondary N) is 1. The first-order chi connectivity index (χ1) is 10.2. The number of nitrogens with zero attached hydrogens (tertiary/aromatic N) is 1. The van der Waals surface area contributed by atoms with Crippen LogP contribution in [0.15, 0.2) is 18.2 Å². The van der Waals surface area contributed by atoms with E-state index >= 15 is 0 Å². The standard InChI is InChI=1S/C17H28N2O2/c1-14(18-9-4-5-10-19(2)3)15-7-8-16-17(13-15)21-12-6-11-20-16/h7-8,13-14,18H,4-6,9-12H2,1-3H3. The van der Waals surface area contributed by atoms with Crippen LogP contribution in [0.3, 0.4) is 0 Å². The van der Waals surface area contributed by atoms with Gasteiger partial charge < -0.3 is 19.7 Å². The van der Waals surface area contributed by atoms with Crippen LogP contribution in [-0.2, 0) is 0 Å². The van der Waals surface area contributed by atoms with Crippen molar-refractivity contribution in [3.63, 3.8) is 0 Å². The van der Waals surface area contributed by atoms with Gasteiger partial charge in [0.15, 0.2) is 11.5 Å². The first-order valence-electron chi connectivity index (χ1n) is 7.94. The average molecular weight is 292 g/mol. The molecule has 0 bridgehead atoms. The molecule has 118 valence electrons. The number of ether oxygens (including phenoxy) is 2. The Morgan fingerprint density at radius 3 is 2.67 bits per heavy atom. The molecule has 0 fully saturated rings. The van der Waals surface area contributed by atoms with Gasteiger partial charge in [-0.25, -0.2) is 0 Å². The molecule has 2 rings (SSSR count). The van der Waals surface area contributed by atoms with Crippen molar-refractivity contribution >= 4 is 0 Å². The largest absolute Gasteiger partial charge is 0.490 e. The highest BCUT2D eigenvalue weighted by atomic mass is 16.5. The molecule has 1 unspecified atom stereocenters. The summed E-state index contributed by atoms with van der Waals surface area (Å²) in [5, 5.41) is 3.58. The second-order valence-electron chi connectivity index (χ2n) is 5.94. The summed E-state index contributed by atoms with van der Waals surface area (Å²) in [6.45, 7) is 5.88. The zero-order chi connectivity index (χ0) is 15.1. The summed E-state index contributed by atoms with van der Waals surface area (Å²) in [5.41, 5.74) is 1.26. The normalized spacial score (nSPS) is 15.8. The molecule has 1 aromatic carbocycles. The van der Waals surface area contributed by atoms with Gasteiger partial charge in [0.2, 0.25) is 0 Å². The maximum Gasteiger partial charge on any atom is 0.161 e. The molecule has 0 saturated heterocycles. The first kappa shape index (κ1) is 16.1. The maximum absolute atomic E-state index is 5.75. The summed E-state index contributed by atoms with van der Waals surface area (Å²) in [5.74, 6) is 1.75. The zero-order valence-electron chi connectivity index (χ0n) is 13.5. The molecule has 1 aliphatic rings. The third kappa shape index (κ3) is 5.21. The molecule has 1 aliphatic heterocycles. The Hall–Kier alpha value is -1.26. The topological polar surface area (TPSA) is 33.7 Å². The van der Waals surface area contributed by atoms with E-state index in [1.807, 2.05) is 6.07 Å².